The van der Waals surface area contributed by atoms with Crippen molar-refractivity contribution in [1.29, 1.82) is 0 Å². The zero-order valence-electron chi connectivity index (χ0n) is 13.1. The van der Waals surface area contributed by atoms with Crippen LogP contribution in [0.15, 0.2) is 51.6 Å². The lowest BCUT2D eigenvalue weighted by Gasteiger charge is -1.89. The van der Waals surface area contributed by atoms with Gasteiger partial charge in [0.05, 0.1) is 6.33 Å². The van der Waals surface area contributed by atoms with E-state index < -0.39 is 11.4 Å². The number of nitrogen functional groups attached to an aromatic ring is 2. The Balaban J connectivity index is 0.000000142. The third-order valence-electron chi connectivity index (χ3n) is 2.64. The second-order valence-corrected chi connectivity index (χ2v) is 4.49. The van der Waals surface area contributed by atoms with E-state index in [0.29, 0.717) is 22.8 Å². The van der Waals surface area contributed by atoms with Gasteiger partial charge in [-0.15, -0.1) is 0 Å². The quantitative estimate of drug-likeness (QED) is 0.212. The number of aromatic nitrogens is 8. The molecule has 0 saturated heterocycles. The van der Waals surface area contributed by atoms with Crippen LogP contribution in [0.5, 0.6) is 0 Å². The zero-order valence-corrected chi connectivity index (χ0v) is 13.1. The number of imidazole rings is 1. The Bertz CT molecular complexity index is 1120. The lowest BCUT2D eigenvalue weighted by Crippen LogP contribution is -2.19. The number of H-pyrrole nitrogens is 4. The molecule has 4 rings (SSSR count). The zero-order chi connectivity index (χ0) is 18.9. The molecule has 0 aliphatic heterocycles. The molecule has 0 radical (unpaired) electrons. The van der Waals surface area contributed by atoms with E-state index in [1.54, 1.807) is 0 Å². The van der Waals surface area contributed by atoms with Gasteiger partial charge in [-0.25, -0.2) is 29.5 Å². The molecule has 0 aliphatic carbocycles. The largest absolute Gasteiger partial charge is 0.385 e. The molecule has 0 aliphatic rings. The van der Waals surface area contributed by atoms with Gasteiger partial charge in [-0.3, -0.25) is 14.8 Å². The number of aromatic amines is 4. The van der Waals surface area contributed by atoms with Crippen molar-refractivity contribution in [2.75, 3.05) is 11.5 Å². The number of rotatable bonds is 0. The summed E-state index contributed by atoms with van der Waals surface area (Å²) < 4.78 is 0. The first-order chi connectivity index (χ1) is 12.5. The summed E-state index contributed by atoms with van der Waals surface area (Å²) in [5.74, 6) is 0.771. The maximum absolute atomic E-state index is 10.2. The van der Waals surface area contributed by atoms with Gasteiger partial charge in [-0.2, -0.15) is 0 Å². The molecule has 0 atom stereocenters. The van der Waals surface area contributed by atoms with E-state index in [1.165, 1.54) is 37.2 Å². The van der Waals surface area contributed by atoms with Crippen LogP contribution in [-0.4, -0.2) is 39.9 Å². The number of nitrogens with zero attached hydrogens (tertiary/aromatic N) is 4. The third kappa shape index (κ3) is 5.41. The second-order valence-electron chi connectivity index (χ2n) is 4.49. The number of hydrogen-bond donors (Lipinski definition) is 6. The highest BCUT2D eigenvalue weighted by Gasteiger charge is 1.99. The van der Waals surface area contributed by atoms with Crippen LogP contribution in [0.2, 0.25) is 0 Å². The molecule has 4 aromatic rings. The Morgan fingerprint density at radius 1 is 0.885 bits per heavy atom. The van der Waals surface area contributed by atoms with Crippen LogP contribution in [0.4, 0.5) is 11.6 Å². The highest BCUT2D eigenvalue weighted by atomic mass is 16.2. The minimum absolute atomic E-state index is 0.338. The fourth-order valence-corrected chi connectivity index (χ4v) is 1.55. The van der Waals surface area contributed by atoms with Crippen molar-refractivity contribution in [1.82, 2.24) is 39.9 Å². The second kappa shape index (κ2) is 8.53. The molecule has 0 aromatic carbocycles. The number of nitrogens with one attached hydrogen (secondary N) is 4. The minimum atomic E-state index is -0.475. The predicted molar refractivity (Wildman–Crippen MR) is 93.0 cm³/mol. The normalized spacial score (nSPS) is 9.54. The highest BCUT2D eigenvalue weighted by Crippen LogP contribution is 2.09. The Hall–Kier alpha value is -4.29. The van der Waals surface area contributed by atoms with Crippen molar-refractivity contribution in [3.05, 3.63) is 68.5 Å². The van der Waals surface area contributed by atoms with E-state index in [4.69, 9.17) is 11.5 Å². The molecule has 0 bridgehead atoms. The van der Waals surface area contributed by atoms with E-state index in [1.807, 2.05) is 4.98 Å². The predicted octanol–water partition coefficient (Wildman–Crippen LogP) is -1.65. The molecule has 0 unspecified atom stereocenters. The number of nitrogens with two attached hydrogens (primary N) is 2. The molecule has 0 saturated carbocycles. The van der Waals surface area contributed by atoms with Crippen molar-refractivity contribution in [3.8, 4) is 0 Å². The smallest absolute Gasteiger partial charge is 0.346 e. The monoisotopic (exact) mass is 358 g/mol. The van der Waals surface area contributed by atoms with Crippen LogP contribution in [0.25, 0.3) is 11.2 Å². The molecule has 13 nitrogen and oxygen atoms in total. The molecule has 0 fully saturated rings. The SMILES string of the molecule is Nc1ccnc(=O)[nH]1.Nc1ncnc2nc[nH]c12.O=c1cc[nH]c(=O)[nH]1. The highest BCUT2D eigenvalue weighted by molar-refractivity contribution is 5.80. The summed E-state index contributed by atoms with van der Waals surface area (Å²) in [6.07, 6.45) is 5.57. The summed E-state index contributed by atoms with van der Waals surface area (Å²) >= 11 is 0. The third-order valence-corrected chi connectivity index (χ3v) is 2.64. The standard InChI is InChI=1S/C5H5N5.C4H5N3O.C4H4N2O2/c6-4-3-5(9-1-7-3)10-2-8-4;5-3-1-2-6-4(8)7-3;7-3-1-2-5-4(8)6-3/h1-2H,(H3,6,7,8,9,10);1-2H,(H3,5,6,7,8);1-2H,(H2,5,6,7,8). The molecule has 26 heavy (non-hydrogen) atoms. The Kier molecular flexibility index (Phi) is 5.92. The van der Waals surface area contributed by atoms with Crippen LogP contribution in [0.1, 0.15) is 0 Å². The van der Waals surface area contributed by atoms with Gasteiger partial charge in [0.2, 0.25) is 0 Å². The average molecular weight is 358 g/mol. The van der Waals surface area contributed by atoms with Gasteiger partial charge in [0, 0.05) is 18.5 Å². The van der Waals surface area contributed by atoms with E-state index >= 15 is 0 Å². The van der Waals surface area contributed by atoms with Crippen molar-refractivity contribution >= 4 is 22.8 Å². The number of hydrogen-bond acceptors (Lipinski definition) is 9. The fraction of sp³-hybridized carbons (Fsp3) is 0. The summed E-state index contributed by atoms with van der Waals surface area (Å²) in [5, 5.41) is 0. The summed E-state index contributed by atoms with van der Waals surface area (Å²) in [7, 11) is 0. The molecule has 0 amide bonds. The molecule has 4 heterocycles. The first-order valence-corrected chi connectivity index (χ1v) is 6.94. The maximum atomic E-state index is 10.2. The number of anilines is 2. The number of fused-ring (bicyclic) bond motifs is 1. The van der Waals surface area contributed by atoms with Gasteiger partial charge >= 0.3 is 11.4 Å². The van der Waals surface area contributed by atoms with E-state index in [-0.39, 0.29) is 5.56 Å². The average Bonchev–Trinajstić information content (AvgIpc) is 3.06. The van der Waals surface area contributed by atoms with Crippen LogP contribution in [0.3, 0.4) is 0 Å². The summed E-state index contributed by atoms with van der Waals surface area (Å²) in [6, 6.07) is 2.75. The van der Waals surface area contributed by atoms with Crippen LogP contribution >= 0.6 is 0 Å². The van der Waals surface area contributed by atoms with Crippen molar-refractivity contribution < 1.29 is 0 Å². The molecular weight excluding hydrogens is 344 g/mol. The van der Waals surface area contributed by atoms with Gasteiger partial charge in [0.25, 0.3) is 5.56 Å². The van der Waals surface area contributed by atoms with Crippen LogP contribution in [0, 0.1) is 0 Å². The Morgan fingerprint density at radius 3 is 2.23 bits per heavy atom. The topological polar surface area (TPSA) is 218 Å². The lowest BCUT2D eigenvalue weighted by molar-refractivity contribution is 1.04. The molecule has 13 heteroatoms. The summed E-state index contributed by atoms with van der Waals surface area (Å²) in [4.78, 5) is 54.9. The Labute approximate surface area is 143 Å². The van der Waals surface area contributed by atoms with Crippen LogP contribution < -0.4 is 28.4 Å². The molecular formula is C13H14N10O3. The van der Waals surface area contributed by atoms with Crippen molar-refractivity contribution in [2.24, 2.45) is 0 Å². The molecule has 8 N–H and O–H groups in total. The molecule has 134 valence electrons. The van der Waals surface area contributed by atoms with Gasteiger partial charge in [0.1, 0.15) is 17.7 Å². The van der Waals surface area contributed by atoms with Gasteiger partial charge in [-0.05, 0) is 6.07 Å². The van der Waals surface area contributed by atoms with E-state index in [2.05, 4.69) is 34.9 Å². The Morgan fingerprint density at radius 2 is 1.69 bits per heavy atom. The van der Waals surface area contributed by atoms with Crippen molar-refractivity contribution in [2.45, 2.75) is 0 Å². The van der Waals surface area contributed by atoms with Crippen molar-refractivity contribution in [3.63, 3.8) is 0 Å². The summed E-state index contributed by atoms with van der Waals surface area (Å²) in [6.45, 7) is 0. The minimum Gasteiger partial charge on any atom is -0.385 e. The van der Waals surface area contributed by atoms with E-state index in [0.717, 1.165) is 0 Å². The van der Waals surface area contributed by atoms with E-state index in [9.17, 15) is 14.4 Å². The maximum Gasteiger partial charge on any atom is 0.346 e. The van der Waals surface area contributed by atoms with Gasteiger partial charge in [-0.1, -0.05) is 0 Å². The molecule has 4 aromatic heterocycles. The fourth-order valence-electron chi connectivity index (χ4n) is 1.55. The lowest BCUT2D eigenvalue weighted by atomic mass is 10.5. The first kappa shape index (κ1) is 18.1. The van der Waals surface area contributed by atoms with Gasteiger partial charge in [0.15, 0.2) is 11.5 Å². The summed E-state index contributed by atoms with van der Waals surface area (Å²) in [5.41, 5.74) is 10.7. The first-order valence-electron chi connectivity index (χ1n) is 6.94. The molecule has 0 spiro atoms. The van der Waals surface area contributed by atoms with Gasteiger partial charge < -0.3 is 21.4 Å². The van der Waals surface area contributed by atoms with Crippen LogP contribution in [-0.2, 0) is 0 Å².